The van der Waals surface area contributed by atoms with E-state index in [4.69, 9.17) is 4.74 Å². The molecule has 0 spiro atoms. The third-order valence-corrected chi connectivity index (χ3v) is 2.18. The van der Waals surface area contributed by atoms with Crippen molar-refractivity contribution in [2.24, 2.45) is 0 Å². The first-order valence-corrected chi connectivity index (χ1v) is 4.79. The van der Waals surface area contributed by atoms with Crippen LogP contribution in [0.3, 0.4) is 0 Å². The monoisotopic (exact) mass is 191 g/mol. The Bertz CT molecular complexity index is 296. The van der Waals surface area contributed by atoms with Crippen LogP contribution in [0, 0.1) is 0 Å². The Morgan fingerprint density at radius 3 is 2.86 bits per heavy atom. The predicted octanol–water partition coefficient (Wildman–Crippen LogP) is 2.53. The van der Waals surface area contributed by atoms with Gasteiger partial charge in [0.15, 0.2) is 0 Å². The van der Waals surface area contributed by atoms with E-state index >= 15 is 0 Å². The molecule has 2 heteroatoms. The molecule has 0 aromatic heterocycles. The summed E-state index contributed by atoms with van der Waals surface area (Å²) in [5.74, 6) is 0.925. The molecule has 0 saturated carbocycles. The highest BCUT2D eigenvalue weighted by atomic mass is 16.5. The van der Waals surface area contributed by atoms with Gasteiger partial charge >= 0.3 is 0 Å². The highest BCUT2D eigenvalue weighted by Gasteiger charge is 2.07. The van der Waals surface area contributed by atoms with Crippen molar-refractivity contribution >= 4 is 0 Å². The van der Waals surface area contributed by atoms with Crippen molar-refractivity contribution in [1.82, 2.24) is 5.32 Å². The Kier molecular flexibility index (Phi) is 4.20. The largest absolute Gasteiger partial charge is 0.489 e. The van der Waals surface area contributed by atoms with Crippen molar-refractivity contribution < 1.29 is 4.74 Å². The van der Waals surface area contributed by atoms with E-state index in [2.05, 4.69) is 24.9 Å². The van der Waals surface area contributed by atoms with Crippen LogP contribution in [0.2, 0.25) is 0 Å². The fraction of sp³-hybridized carbons (Fsp3) is 0.333. The fourth-order valence-electron chi connectivity index (χ4n) is 1.27. The van der Waals surface area contributed by atoms with E-state index in [1.807, 2.05) is 25.2 Å². The quantitative estimate of drug-likeness (QED) is 0.722. The molecule has 2 nitrogen and oxygen atoms in total. The van der Waals surface area contributed by atoms with E-state index in [1.54, 1.807) is 6.08 Å². The van der Waals surface area contributed by atoms with E-state index in [-0.39, 0.29) is 0 Å². The third kappa shape index (κ3) is 2.60. The molecule has 1 rings (SSSR count). The van der Waals surface area contributed by atoms with Crippen LogP contribution >= 0.6 is 0 Å². The topological polar surface area (TPSA) is 21.3 Å². The normalized spacial score (nSPS) is 12.1. The zero-order valence-corrected chi connectivity index (χ0v) is 8.79. The molecule has 0 saturated heterocycles. The maximum Gasteiger partial charge on any atom is 0.124 e. The zero-order valence-electron chi connectivity index (χ0n) is 8.79. The predicted molar refractivity (Wildman–Crippen MR) is 59.6 cm³/mol. The molecule has 0 aliphatic heterocycles. The minimum Gasteiger partial charge on any atom is -0.489 e. The number of rotatable bonds is 5. The number of hydrogen-bond acceptors (Lipinski definition) is 2. The Morgan fingerprint density at radius 2 is 2.21 bits per heavy atom. The summed E-state index contributed by atoms with van der Waals surface area (Å²) in [5.41, 5.74) is 1.18. The summed E-state index contributed by atoms with van der Waals surface area (Å²) < 4.78 is 5.55. The van der Waals surface area contributed by atoms with Gasteiger partial charge in [0.25, 0.3) is 0 Å². The Morgan fingerprint density at radius 1 is 1.50 bits per heavy atom. The molecular formula is C12H17NO. The van der Waals surface area contributed by atoms with Gasteiger partial charge in [-0.3, -0.25) is 0 Å². The molecule has 0 aliphatic carbocycles. The number of benzene rings is 1. The van der Waals surface area contributed by atoms with E-state index in [9.17, 15) is 0 Å². The lowest BCUT2D eigenvalue weighted by Crippen LogP contribution is -2.13. The SMILES string of the molecule is C=CCOc1ccccc1[C@@H](C)NC. The zero-order chi connectivity index (χ0) is 10.4. The summed E-state index contributed by atoms with van der Waals surface area (Å²) in [7, 11) is 1.94. The minimum absolute atomic E-state index is 0.302. The lowest BCUT2D eigenvalue weighted by molar-refractivity contribution is 0.355. The molecule has 1 aromatic carbocycles. The van der Waals surface area contributed by atoms with Gasteiger partial charge in [0.1, 0.15) is 12.4 Å². The number of hydrogen-bond donors (Lipinski definition) is 1. The van der Waals surface area contributed by atoms with Crippen molar-refractivity contribution in [3.63, 3.8) is 0 Å². The summed E-state index contributed by atoms with van der Waals surface area (Å²) in [6.07, 6.45) is 1.75. The Balaban J connectivity index is 2.84. The van der Waals surface area contributed by atoms with E-state index in [0.29, 0.717) is 12.6 Å². The molecule has 0 radical (unpaired) electrons. The Hall–Kier alpha value is -1.28. The van der Waals surface area contributed by atoms with Gasteiger partial charge in [-0.05, 0) is 20.0 Å². The van der Waals surface area contributed by atoms with E-state index in [0.717, 1.165) is 5.75 Å². The summed E-state index contributed by atoms with van der Waals surface area (Å²) in [4.78, 5) is 0. The van der Waals surface area contributed by atoms with Crippen molar-refractivity contribution in [3.8, 4) is 5.75 Å². The minimum atomic E-state index is 0.302. The van der Waals surface area contributed by atoms with Crippen LogP contribution in [-0.4, -0.2) is 13.7 Å². The molecular weight excluding hydrogens is 174 g/mol. The van der Waals surface area contributed by atoms with Gasteiger partial charge in [-0.2, -0.15) is 0 Å². The van der Waals surface area contributed by atoms with Crippen LogP contribution in [0.25, 0.3) is 0 Å². The fourth-order valence-corrected chi connectivity index (χ4v) is 1.27. The van der Waals surface area contributed by atoms with Crippen LogP contribution < -0.4 is 10.1 Å². The van der Waals surface area contributed by atoms with Crippen LogP contribution in [0.15, 0.2) is 36.9 Å². The number of para-hydroxylation sites is 1. The van der Waals surface area contributed by atoms with Crippen LogP contribution in [-0.2, 0) is 0 Å². The van der Waals surface area contributed by atoms with Crippen LogP contribution in [0.1, 0.15) is 18.5 Å². The summed E-state index contributed by atoms with van der Waals surface area (Å²) in [6.45, 7) is 6.29. The molecule has 0 aliphatic rings. The number of ether oxygens (including phenoxy) is 1. The highest BCUT2D eigenvalue weighted by Crippen LogP contribution is 2.24. The van der Waals surface area contributed by atoms with E-state index < -0.39 is 0 Å². The van der Waals surface area contributed by atoms with Crippen molar-refractivity contribution in [2.45, 2.75) is 13.0 Å². The van der Waals surface area contributed by atoms with E-state index in [1.165, 1.54) is 5.56 Å². The Labute approximate surface area is 85.6 Å². The lowest BCUT2D eigenvalue weighted by Gasteiger charge is -2.15. The van der Waals surface area contributed by atoms with Gasteiger partial charge in [-0.25, -0.2) is 0 Å². The molecule has 0 bridgehead atoms. The van der Waals surface area contributed by atoms with Crippen LogP contribution in [0.4, 0.5) is 0 Å². The van der Waals surface area contributed by atoms with Gasteiger partial charge in [-0.1, -0.05) is 30.9 Å². The average Bonchev–Trinajstić information content (AvgIpc) is 2.25. The van der Waals surface area contributed by atoms with Gasteiger partial charge in [-0.15, -0.1) is 0 Å². The van der Waals surface area contributed by atoms with Crippen molar-refractivity contribution in [3.05, 3.63) is 42.5 Å². The molecule has 14 heavy (non-hydrogen) atoms. The van der Waals surface area contributed by atoms with Gasteiger partial charge in [0.2, 0.25) is 0 Å². The molecule has 1 atom stereocenters. The van der Waals surface area contributed by atoms with Crippen molar-refractivity contribution in [2.75, 3.05) is 13.7 Å². The third-order valence-electron chi connectivity index (χ3n) is 2.18. The molecule has 1 aromatic rings. The van der Waals surface area contributed by atoms with Gasteiger partial charge in [0, 0.05) is 11.6 Å². The van der Waals surface area contributed by atoms with Crippen molar-refractivity contribution in [1.29, 1.82) is 0 Å². The first-order chi connectivity index (χ1) is 6.79. The summed E-state index contributed by atoms with van der Waals surface area (Å²) in [6, 6.07) is 8.34. The molecule has 76 valence electrons. The average molecular weight is 191 g/mol. The molecule has 0 heterocycles. The first-order valence-electron chi connectivity index (χ1n) is 4.79. The van der Waals surface area contributed by atoms with Gasteiger partial charge < -0.3 is 10.1 Å². The maximum atomic E-state index is 5.55. The second-order valence-electron chi connectivity index (χ2n) is 3.15. The lowest BCUT2D eigenvalue weighted by atomic mass is 10.1. The molecule has 0 amide bonds. The maximum absolute atomic E-state index is 5.55. The van der Waals surface area contributed by atoms with Gasteiger partial charge in [0.05, 0.1) is 0 Å². The van der Waals surface area contributed by atoms with Crippen LogP contribution in [0.5, 0.6) is 5.75 Å². The number of nitrogens with one attached hydrogen (secondary N) is 1. The summed E-state index contributed by atoms with van der Waals surface area (Å²) >= 11 is 0. The molecule has 0 unspecified atom stereocenters. The highest BCUT2D eigenvalue weighted by molar-refractivity contribution is 5.35. The molecule has 1 N–H and O–H groups in total. The first kappa shape index (κ1) is 10.8. The summed E-state index contributed by atoms with van der Waals surface area (Å²) in [5, 5.41) is 3.19. The standard InChI is InChI=1S/C12H17NO/c1-4-9-14-12-8-6-5-7-11(12)10(2)13-3/h4-8,10,13H,1,9H2,2-3H3/t10-/m1/s1. The molecule has 0 fully saturated rings. The second kappa shape index (κ2) is 5.45. The second-order valence-corrected chi connectivity index (χ2v) is 3.15. The smallest absolute Gasteiger partial charge is 0.124 e.